The topological polar surface area (TPSA) is 69.4 Å². The monoisotopic (exact) mass is 313 g/mol. The lowest BCUT2D eigenvalue weighted by Gasteiger charge is -2.11. The summed E-state index contributed by atoms with van der Waals surface area (Å²) >= 11 is 0. The number of benzene rings is 3. The van der Waals surface area contributed by atoms with Crippen LogP contribution in [0.3, 0.4) is 0 Å². The summed E-state index contributed by atoms with van der Waals surface area (Å²) in [4.78, 5) is 0.169. The molecule has 0 aromatic heterocycles. The van der Waals surface area contributed by atoms with E-state index in [4.69, 9.17) is 9.92 Å². The van der Waals surface area contributed by atoms with E-state index < -0.39 is 10.1 Å². The fourth-order valence-electron chi connectivity index (χ4n) is 2.35. The number of fused-ring (bicyclic) bond motifs is 1. The smallest absolute Gasteiger partial charge is 0.339 e. The van der Waals surface area contributed by atoms with Gasteiger partial charge in [-0.25, -0.2) is 0 Å². The van der Waals surface area contributed by atoms with Crippen LogP contribution in [0.4, 0.5) is 5.69 Å². The molecule has 3 aromatic rings. The SMILES string of the molecule is Cc1ccccc1S(=O)(=O)Oc1cccc2cc(N)ccc12. The third kappa shape index (κ3) is 2.63. The molecule has 0 bridgehead atoms. The van der Waals surface area contributed by atoms with Gasteiger partial charge in [0.2, 0.25) is 0 Å². The average Bonchev–Trinajstić information content (AvgIpc) is 2.47. The third-order valence-electron chi connectivity index (χ3n) is 3.43. The summed E-state index contributed by atoms with van der Waals surface area (Å²) in [6.07, 6.45) is 0. The molecule has 3 rings (SSSR count). The van der Waals surface area contributed by atoms with Gasteiger partial charge in [0.25, 0.3) is 0 Å². The first-order valence-electron chi connectivity index (χ1n) is 6.76. The normalized spacial score (nSPS) is 11.5. The van der Waals surface area contributed by atoms with Gasteiger partial charge in [-0.05, 0) is 48.2 Å². The Bertz CT molecular complexity index is 949. The molecule has 0 spiro atoms. The van der Waals surface area contributed by atoms with E-state index >= 15 is 0 Å². The lowest BCUT2D eigenvalue weighted by atomic mass is 10.1. The number of nitrogen functional groups attached to an aromatic ring is 1. The van der Waals surface area contributed by atoms with Crippen LogP contribution in [0.5, 0.6) is 5.75 Å². The molecule has 0 radical (unpaired) electrons. The zero-order valence-electron chi connectivity index (χ0n) is 12.0. The fourth-order valence-corrected chi connectivity index (χ4v) is 3.52. The van der Waals surface area contributed by atoms with E-state index in [1.807, 2.05) is 6.07 Å². The van der Waals surface area contributed by atoms with Crippen LogP contribution in [0.1, 0.15) is 5.56 Å². The first-order chi connectivity index (χ1) is 10.5. The molecule has 0 saturated carbocycles. The quantitative estimate of drug-likeness (QED) is 0.593. The first kappa shape index (κ1) is 14.4. The molecule has 0 heterocycles. The van der Waals surface area contributed by atoms with Gasteiger partial charge >= 0.3 is 10.1 Å². The van der Waals surface area contributed by atoms with Crippen molar-refractivity contribution >= 4 is 26.6 Å². The highest BCUT2D eigenvalue weighted by atomic mass is 32.2. The molecule has 0 unspecified atom stereocenters. The minimum Gasteiger partial charge on any atom is -0.399 e. The summed E-state index contributed by atoms with van der Waals surface area (Å²) in [6, 6.07) is 17.2. The Kier molecular flexibility index (Phi) is 3.50. The zero-order chi connectivity index (χ0) is 15.7. The predicted molar refractivity (Wildman–Crippen MR) is 87.4 cm³/mol. The summed E-state index contributed by atoms with van der Waals surface area (Å²) in [5.41, 5.74) is 7.02. The van der Waals surface area contributed by atoms with Gasteiger partial charge in [-0.3, -0.25) is 0 Å². The number of anilines is 1. The summed E-state index contributed by atoms with van der Waals surface area (Å²) in [5, 5.41) is 1.53. The second-order valence-corrected chi connectivity index (χ2v) is 6.55. The van der Waals surface area contributed by atoms with E-state index in [0.29, 0.717) is 22.4 Å². The standard InChI is InChI=1S/C17H15NO3S/c1-12-5-2-3-8-17(12)22(19,20)21-16-7-4-6-13-11-14(18)9-10-15(13)16/h2-11H,18H2,1H3. The Morgan fingerprint density at radius 1 is 0.955 bits per heavy atom. The molecule has 0 aliphatic heterocycles. The molecule has 0 atom stereocenters. The second-order valence-electron chi connectivity index (χ2n) is 5.04. The molecule has 2 N–H and O–H groups in total. The second kappa shape index (κ2) is 5.35. The van der Waals surface area contributed by atoms with Gasteiger partial charge in [0.15, 0.2) is 5.75 Å². The van der Waals surface area contributed by atoms with Gasteiger partial charge < -0.3 is 9.92 Å². The van der Waals surface area contributed by atoms with Crippen molar-refractivity contribution in [2.45, 2.75) is 11.8 Å². The summed E-state index contributed by atoms with van der Waals surface area (Å²) < 4.78 is 30.3. The van der Waals surface area contributed by atoms with E-state index in [1.54, 1.807) is 55.5 Å². The van der Waals surface area contributed by atoms with Crippen molar-refractivity contribution in [2.75, 3.05) is 5.73 Å². The van der Waals surface area contributed by atoms with Crippen molar-refractivity contribution in [1.29, 1.82) is 0 Å². The van der Waals surface area contributed by atoms with Gasteiger partial charge in [-0.1, -0.05) is 30.3 Å². The highest BCUT2D eigenvalue weighted by Gasteiger charge is 2.19. The molecule has 5 heteroatoms. The van der Waals surface area contributed by atoms with Crippen LogP contribution in [0.2, 0.25) is 0 Å². The number of rotatable bonds is 3. The molecule has 0 fully saturated rings. The molecule has 0 aliphatic carbocycles. The number of aryl methyl sites for hydroxylation is 1. The molecule has 22 heavy (non-hydrogen) atoms. The van der Waals surface area contributed by atoms with Gasteiger partial charge in [0.05, 0.1) is 0 Å². The van der Waals surface area contributed by atoms with Crippen LogP contribution in [0, 0.1) is 6.92 Å². The predicted octanol–water partition coefficient (Wildman–Crippen LogP) is 3.50. The van der Waals surface area contributed by atoms with Crippen molar-refractivity contribution in [3.8, 4) is 5.75 Å². The summed E-state index contributed by atoms with van der Waals surface area (Å²) in [6.45, 7) is 1.74. The highest BCUT2D eigenvalue weighted by Crippen LogP contribution is 2.30. The largest absolute Gasteiger partial charge is 0.399 e. The molecular formula is C17H15NO3S. The zero-order valence-corrected chi connectivity index (χ0v) is 12.8. The van der Waals surface area contributed by atoms with E-state index in [0.717, 1.165) is 5.39 Å². The van der Waals surface area contributed by atoms with Crippen LogP contribution >= 0.6 is 0 Å². The van der Waals surface area contributed by atoms with E-state index in [-0.39, 0.29) is 4.90 Å². The van der Waals surface area contributed by atoms with Crippen LogP contribution in [-0.4, -0.2) is 8.42 Å². The first-order valence-corrected chi connectivity index (χ1v) is 8.16. The highest BCUT2D eigenvalue weighted by molar-refractivity contribution is 7.87. The van der Waals surface area contributed by atoms with E-state index in [9.17, 15) is 8.42 Å². The van der Waals surface area contributed by atoms with E-state index in [1.165, 1.54) is 6.07 Å². The summed E-state index contributed by atoms with van der Waals surface area (Å²) in [7, 11) is -3.88. The van der Waals surface area contributed by atoms with Gasteiger partial charge in [0, 0.05) is 11.1 Å². The maximum Gasteiger partial charge on any atom is 0.339 e. The maximum absolute atomic E-state index is 12.5. The Balaban J connectivity index is 2.09. The van der Waals surface area contributed by atoms with Crippen molar-refractivity contribution in [2.24, 2.45) is 0 Å². The minimum absolute atomic E-state index is 0.169. The van der Waals surface area contributed by atoms with Crippen molar-refractivity contribution < 1.29 is 12.6 Å². The number of nitrogens with two attached hydrogens (primary N) is 1. The van der Waals surface area contributed by atoms with E-state index in [2.05, 4.69) is 0 Å². The molecular weight excluding hydrogens is 298 g/mol. The molecule has 3 aromatic carbocycles. The number of hydrogen-bond donors (Lipinski definition) is 1. The van der Waals surface area contributed by atoms with Crippen molar-refractivity contribution in [3.05, 3.63) is 66.2 Å². The summed E-state index contributed by atoms with van der Waals surface area (Å²) in [5.74, 6) is 0.292. The van der Waals surface area contributed by atoms with Gasteiger partial charge in [-0.15, -0.1) is 0 Å². The molecule has 0 aliphatic rings. The number of hydrogen-bond acceptors (Lipinski definition) is 4. The lowest BCUT2D eigenvalue weighted by molar-refractivity contribution is 0.488. The molecule has 0 saturated heterocycles. The van der Waals surface area contributed by atoms with Gasteiger partial charge in [0.1, 0.15) is 4.90 Å². The molecule has 0 amide bonds. The maximum atomic E-state index is 12.5. The lowest BCUT2D eigenvalue weighted by Crippen LogP contribution is -2.11. The Labute approximate surface area is 129 Å². The van der Waals surface area contributed by atoms with Crippen LogP contribution in [-0.2, 0) is 10.1 Å². The fraction of sp³-hybridized carbons (Fsp3) is 0.0588. The Morgan fingerprint density at radius 3 is 2.50 bits per heavy atom. The Morgan fingerprint density at radius 2 is 1.73 bits per heavy atom. The molecule has 4 nitrogen and oxygen atoms in total. The van der Waals surface area contributed by atoms with Crippen molar-refractivity contribution in [1.82, 2.24) is 0 Å². The minimum atomic E-state index is -3.88. The third-order valence-corrected chi connectivity index (χ3v) is 4.82. The average molecular weight is 313 g/mol. The van der Waals surface area contributed by atoms with Crippen LogP contribution < -0.4 is 9.92 Å². The Hall–Kier alpha value is -2.53. The van der Waals surface area contributed by atoms with Gasteiger partial charge in [-0.2, -0.15) is 8.42 Å². The van der Waals surface area contributed by atoms with Crippen LogP contribution in [0.15, 0.2) is 65.6 Å². The molecule has 112 valence electrons. The van der Waals surface area contributed by atoms with Crippen molar-refractivity contribution in [3.63, 3.8) is 0 Å². The van der Waals surface area contributed by atoms with Crippen LogP contribution in [0.25, 0.3) is 10.8 Å².